The van der Waals surface area contributed by atoms with Crippen molar-refractivity contribution in [2.75, 3.05) is 13.2 Å². The monoisotopic (exact) mass is 1030 g/mol. The smallest absolute Gasteiger partial charge is 0.306 e. The van der Waals surface area contributed by atoms with E-state index in [1.165, 1.54) is 135 Å². The fraction of sp³-hybridized carbons (Fsp3) is 0.721. The summed E-state index contributed by atoms with van der Waals surface area (Å²) >= 11 is 0. The van der Waals surface area contributed by atoms with Crippen molar-refractivity contribution >= 4 is 17.9 Å². The number of rotatable bonds is 56. The number of esters is 3. The average molecular weight is 1030 g/mol. The van der Waals surface area contributed by atoms with Crippen LogP contribution in [0.3, 0.4) is 0 Å². The lowest BCUT2D eigenvalue weighted by molar-refractivity contribution is -0.167. The van der Waals surface area contributed by atoms with Crippen LogP contribution >= 0.6 is 0 Å². The molecule has 74 heavy (non-hydrogen) atoms. The van der Waals surface area contributed by atoms with Gasteiger partial charge < -0.3 is 14.2 Å². The number of hydrogen-bond acceptors (Lipinski definition) is 6. The molecule has 0 saturated heterocycles. The van der Waals surface area contributed by atoms with Gasteiger partial charge in [-0.25, -0.2) is 0 Å². The molecule has 1 atom stereocenters. The Labute approximate surface area is 457 Å². The molecule has 0 aliphatic heterocycles. The molecule has 0 aliphatic carbocycles. The third-order valence-corrected chi connectivity index (χ3v) is 13.3. The number of ether oxygens (including phenoxy) is 3. The highest BCUT2D eigenvalue weighted by atomic mass is 16.6. The molecule has 0 aromatic rings. The van der Waals surface area contributed by atoms with Crippen LogP contribution in [-0.2, 0) is 28.6 Å². The molecule has 0 aromatic heterocycles. The van der Waals surface area contributed by atoms with Crippen molar-refractivity contribution in [3.8, 4) is 0 Å². The SMILES string of the molecule is CC/C=C\C/C=C\C/C=C\C/C=C\C/C=C\CCCCCCCCCCCCCCCC(=O)OCC(COC(=O)CCCCCCC/C=C\CCCCC)OC(=O)CCCCCCC/C=C\C/C=C\CCCCC. The van der Waals surface area contributed by atoms with Crippen LogP contribution in [0.1, 0.15) is 297 Å². The molecule has 0 aromatic carbocycles. The molecule has 0 N–H and O–H groups in total. The number of carbonyl (C=O) groups is 3. The first kappa shape index (κ1) is 70.3. The van der Waals surface area contributed by atoms with Gasteiger partial charge in [-0.2, -0.15) is 0 Å². The maximum Gasteiger partial charge on any atom is 0.306 e. The third-order valence-electron chi connectivity index (χ3n) is 13.3. The van der Waals surface area contributed by atoms with Crippen LogP contribution in [0.2, 0.25) is 0 Å². The highest BCUT2D eigenvalue weighted by molar-refractivity contribution is 5.71. The zero-order chi connectivity index (χ0) is 53.6. The van der Waals surface area contributed by atoms with Gasteiger partial charge in [-0.05, 0) is 122 Å². The summed E-state index contributed by atoms with van der Waals surface area (Å²) in [7, 11) is 0. The van der Waals surface area contributed by atoms with E-state index in [1.54, 1.807) is 0 Å². The van der Waals surface area contributed by atoms with Gasteiger partial charge in [0.05, 0.1) is 0 Å². The van der Waals surface area contributed by atoms with Gasteiger partial charge in [-0.3, -0.25) is 14.4 Å². The van der Waals surface area contributed by atoms with Gasteiger partial charge in [0.1, 0.15) is 13.2 Å². The van der Waals surface area contributed by atoms with Gasteiger partial charge in [-0.15, -0.1) is 0 Å². The Morgan fingerprint density at radius 2 is 0.527 bits per heavy atom. The number of hydrogen-bond donors (Lipinski definition) is 0. The first-order valence-corrected chi connectivity index (χ1v) is 31.2. The molecule has 0 bridgehead atoms. The van der Waals surface area contributed by atoms with Crippen molar-refractivity contribution in [1.82, 2.24) is 0 Å². The fourth-order valence-corrected chi connectivity index (χ4v) is 8.61. The second-order valence-electron chi connectivity index (χ2n) is 20.6. The van der Waals surface area contributed by atoms with Crippen LogP contribution in [0.25, 0.3) is 0 Å². The van der Waals surface area contributed by atoms with Crippen molar-refractivity contribution in [1.29, 1.82) is 0 Å². The largest absolute Gasteiger partial charge is 0.462 e. The first-order chi connectivity index (χ1) is 36.5. The second-order valence-corrected chi connectivity index (χ2v) is 20.6. The van der Waals surface area contributed by atoms with Crippen molar-refractivity contribution in [2.45, 2.75) is 303 Å². The molecule has 0 saturated carbocycles. The fourth-order valence-electron chi connectivity index (χ4n) is 8.61. The Morgan fingerprint density at radius 1 is 0.284 bits per heavy atom. The molecular weight excluding hydrogens is 913 g/mol. The van der Waals surface area contributed by atoms with Crippen LogP contribution in [-0.4, -0.2) is 37.2 Å². The van der Waals surface area contributed by atoms with E-state index in [1.807, 2.05) is 0 Å². The summed E-state index contributed by atoms with van der Waals surface area (Å²) in [6.07, 6.45) is 82.7. The summed E-state index contributed by atoms with van der Waals surface area (Å²) in [5.74, 6) is -0.903. The Morgan fingerprint density at radius 3 is 0.838 bits per heavy atom. The quantitative estimate of drug-likeness (QED) is 0.0261. The summed E-state index contributed by atoms with van der Waals surface area (Å²) in [4.78, 5) is 38.2. The van der Waals surface area contributed by atoms with Gasteiger partial charge in [-0.1, -0.05) is 253 Å². The lowest BCUT2D eigenvalue weighted by atomic mass is 10.0. The Hall–Kier alpha value is -3.67. The van der Waals surface area contributed by atoms with Crippen LogP contribution in [0.15, 0.2) is 97.2 Å². The topological polar surface area (TPSA) is 78.9 Å². The lowest BCUT2D eigenvalue weighted by Gasteiger charge is -2.18. The summed E-state index contributed by atoms with van der Waals surface area (Å²) in [5.41, 5.74) is 0. The Balaban J connectivity index is 4.24. The van der Waals surface area contributed by atoms with E-state index < -0.39 is 6.10 Å². The van der Waals surface area contributed by atoms with E-state index >= 15 is 0 Å². The van der Waals surface area contributed by atoms with Crippen molar-refractivity contribution in [2.24, 2.45) is 0 Å². The van der Waals surface area contributed by atoms with Crippen molar-refractivity contribution in [3.05, 3.63) is 97.2 Å². The summed E-state index contributed by atoms with van der Waals surface area (Å²) in [5, 5.41) is 0. The van der Waals surface area contributed by atoms with E-state index in [9.17, 15) is 14.4 Å². The predicted octanol–water partition coefficient (Wildman–Crippen LogP) is 21.3. The van der Waals surface area contributed by atoms with E-state index in [0.717, 1.165) is 122 Å². The summed E-state index contributed by atoms with van der Waals surface area (Å²) in [6.45, 7) is 6.47. The molecule has 6 nitrogen and oxygen atoms in total. The molecule has 1 unspecified atom stereocenters. The van der Waals surface area contributed by atoms with E-state index in [-0.39, 0.29) is 31.1 Å². The van der Waals surface area contributed by atoms with Crippen molar-refractivity contribution < 1.29 is 28.6 Å². The Kier molecular flexibility index (Phi) is 58.8. The second kappa shape index (κ2) is 61.9. The summed E-state index contributed by atoms with van der Waals surface area (Å²) in [6, 6.07) is 0. The van der Waals surface area contributed by atoms with E-state index in [0.29, 0.717) is 19.3 Å². The zero-order valence-corrected chi connectivity index (χ0v) is 48.6. The van der Waals surface area contributed by atoms with Gasteiger partial charge >= 0.3 is 17.9 Å². The predicted molar refractivity (Wildman–Crippen MR) is 320 cm³/mol. The maximum absolute atomic E-state index is 12.9. The molecule has 6 heteroatoms. The van der Waals surface area contributed by atoms with Gasteiger partial charge in [0.15, 0.2) is 6.10 Å². The third kappa shape index (κ3) is 59.2. The standard InChI is InChI=1S/C68H116O6/c1-4-7-10-13-16-19-22-25-27-28-29-30-31-32-33-34-35-36-37-38-39-40-42-43-46-49-52-55-58-61-67(70)73-64-65(63-72-66(69)60-57-54-51-48-45-24-21-18-15-12-9-6-3)74-68(71)62-59-56-53-50-47-44-41-26-23-20-17-14-11-8-5-2/h7,10,16-21,25-27,29-30,32-33,41,65H,4-6,8-9,11-15,22-24,28,31,34-40,42-64H2,1-3H3/b10-7-,19-16-,20-17-,21-18-,27-25-,30-29-,33-32-,41-26-. The molecular formula is C68H116O6. The molecule has 0 spiro atoms. The Bertz CT molecular complexity index is 1460. The van der Waals surface area contributed by atoms with Crippen LogP contribution < -0.4 is 0 Å². The molecule has 0 aliphatic rings. The van der Waals surface area contributed by atoms with Gasteiger partial charge in [0, 0.05) is 19.3 Å². The lowest BCUT2D eigenvalue weighted by Crippen LogP contribution is -2.30. The number of unbranched alkanes of at least 4 members (excludes halogenated alkanes) is 29. The normalized spacial score (nSPS) is 12.7. The molecule has 424 valence electrons. The molecule has 0 amide bonds. The molecule has 0 rings (SSSR count). The number of allylic oxidation sites excluding steroid dienone is 16. The highest BCUT2D eigenvalue weighted by Gasteiger charge is 2.19. The molecule has 0 radical (unpaired) electrons. The van der Waals surface area contributed by atoms with Crippen molar-refractivity contribution in [3.63, 3.8) is 0 Å². The minimum atomic E-state index is -0.788. The average Bonchev–Trinajstić information content (AvgIpc) is 3.40. The maximum atomic E-state index is 12.9. The van der Waals surface area contributed by atoms with Gasteiger partial charge in [0.2, 0.25) is 0 Å². The zero-order valence-electron chi connectivity index (χ0n) is 48.6. The van der Waals surface area contributed by atoms with Crippen LogP contribution in [0, 0.1) is 0 Å². The van der Waals surface area contributed by atoms with E-state index in [4.69, 9.17) is 14.2 Å². The molecule has 0 heterocycles. The number of carbonyl (C=O) groups excluding carboxylic acids is 3. The van der Waals surface area contributed by atoms with E-state index in [2.05, 4.69) is 118 Å². The minimum absolute atomic E-state index is 0.0851. The van der Waals surface area contributed by atoms with Crippen LogP contribution in [0.4, 0.5) is 0 Å². The molecule has 0 fully saturated rings. The van der Waals surface area contributed by atoms with Crippen LogP contribution in [0.5, 0.6) is 0 Å². The summed E-state index contributed by atoms with van der Waals surface area (Å²) < 4.78 is 16.9. The highest BCUT2D eigenvalue weighted by Crippen LogP contribution is 2.16. The van der Waals surface area contributed by atoms with Gasteiger partial charge in [0.25, 0.3) is 0 Å². The first-order valence-electron chi connectivity index (χ1n) is 31.2. The minimum Gasteiger partial charge on any atom is -0.462 e.